The molecule has 1 aromatic heterocycles. The summed E-state index contributed by atoms with van der Waals surface area (Å²) in [7, 11) is 0. The predicted molar refractivity (Wildman–Crippen MR) is 80.1 cm³/mol. The Bertz CT molecular complexity index is 625. The number of carbonyl (C=O) groups excluding carboxylic acids is 1. The molecule has 0 aliphatic heterocycles. The van der Waals surface area contributed by atoms with Gasteiger partial charge >= 0.3 is 5.97 Å². The van der Waals surface area contributed by atoms with Crippen molar-refractivity contribution < 1.29 is 9.53 Å². The molecular weight excluding hydrogens is 305 g/mol. The first-order chi connectivity index (χ1) is 9.04. The third kappa shape index (κ3) is 2.86. The van der Waals surface area contributed by atoms with Crippen molar-refractivity contribution in [1.29, 1.82) is 0 Å². The van der Waals surface area contributed by atoms with E-state index in [-0.39, 0.29) is 0 Å². The van der Waals surface area contributed by atoms with Crippen molar-refractivity contribution in [2.45, 2.75) is 6.92 Å². The molecule has 100 valence electrons. The topological polar surface area (TPSA) is 52.3 Å². The van der Waals surface area contributed by atoms with Crippen molar-refractivity contribution in [2.24, 2.45) is 0 Å². The molecule has 2 aromatic rings. The molecule has 19 heavy (non-hydrogen) atoms. The highest BCUT2D eigenvalue weighted by Crippen LogP contribution is 2.38. The van der Waals surface area contributed by atoms with Gasteiger partial charge in [-0.3, -0.25) is 0 Å². The van der Waals surface area contributed by atoms with Gasteiger partial charge in [0.2, 0.25) is 0 Å². The van der Waals surface area contributed by atoms with Crippen molar-refractivity contribution in [1.82, 2.24) is 0 Å². The molecule has 0 radical (unpaired) electrons. The summed E-state index contributed by atoms with van der Waals surface area (Å²) in [6.07, 6.45) is 0. The van der Waals surface area contributed by atoms with Crippen molar-refractivity contribution in [3.63, 3.8) is 0 Å². The van der Waals surface area contributed by atoms with Crippen LogP contribution < -0.4 is 5.73 Å². The Morgan fingerprint density at radius 2 is 2.11 bits per heavy atom. The zero-order chi connectivity index (χ0) is 14.0. The number of hydrogen-bond donors (Lipinski definition) is 1. The molecule has 0 saturated heterocycles. The molecule has 0 bridgehead atoms. The van der Waals surface area contributed by atoms with Crippen LogP contribution >= 0.6 is 34.5 Å². The number of carbonyl (C=O) groups is 1. The molecule has 0 saturated carbocycles. The zero-order valence-corrected chi connectivity index (χ0v) is 12.4. The van der Waals surface area contributed by atoms with Crippen molar-refractivity contribution in [3.05, 3.63) is 39.2 Å². The molecule has 0 aliphatic carbocycles. The van der Waals surface area contributed by atoms with Gasteiger partial charge in [0, 0.05) is 26.6 Å². The number of halogens is 2. The smallest absolute Gasteiger partial charge is 0.341 e. The number of benzene rings is 1. The van der Waals surface area contributed by atoms with Crippen LogP contribution in [0.5, 0.6) is 0 Å². The summed E-state index contributed by atoms with van der Waals surface area (Å²) >= 11 is 13.3. The molecule has 1 aromatic carbocycles. The van der Waals surface area contributed by atoms with Crippen LogP contribution in [-0.4, -0.2) is 12.6 Å². The number of ether oxygens (including phenoxy) is 1. The van der Waals surface area contributed by atoms with Crippen LogP contribution in [-0.2, 0) is 4.74 Å². The Morgan fingerprint density at radius 3 is 2.74 bits per heavy atom. The molecule has 0 aliphatic rings. The second-order valence-corrected chi connectivity index (χ2v) is 5.49. The lowest BCUT2D eigenvalue weighted by Gasteiger charge is -2.07. The molecular formula is C13H11Cl2NO2S. The Balaban J connectivity index is 2.54. The largest absolute Gasteiger partial charge is 0.462 e. The van der Waals surface area contributed by atoms with Gasteiger partial charge in [0.15, 0.2) is 0 Å². The van der Waals surface area contributed by atoms with Gasteiger partial charge in [0.1, 0.15) is 10.6 Å². The van der Waals surface area contributed by atoms with Crippen molar-refractivity contribution in [2.75, 3.05) is 12.3 Å². The third-order valence-electron chi connectivity index (χ3n) is 2.52. The molecule has 1 heterocycles. The van der Waals surface area contributed by atoms with E-state index in [0.717, 1.165) is 0 Å². The number of thiophene rings is 1. The lowest BCUT2D eigenvalue weighted by molar-refractivity contribution is 0.0529. The molecule has 0 amide bonds. The Labute approximate surface area is 124 Å². The van der Waals surface area contributed by atoms with E-state index in [2.05, 4.69) is 0 Å². The Morgan fingerprint density at radius 1 is 1.37 bits per heavy atom. The summed E-state index contributed by atoms with van der Waals surface area (Å²) < 4.78 is 5.01. The van der Waals surface area contributed by atoms with Crippen molar-refractivity contribution in [3.8, 4) is 11.1 Å². The predicted octanol–water partition coefficient (Wildman–Crippen LogP) is 4.48. The van der Waals surface area contributed by atoms with Crippen LogP contribution in [0.15, 0.2) is 23.6 Å². The number of nitrogens with two attached hydrogens (primary N) is 1. The van der Waals surface area contributed by atoms with Crippen molar-refractivity contribution >= 4 is 45.5 Å². The Kier molecular flexibility index (Phi) is 4.34. The lowest BCUT2D eigenvalue weighted by Crippen LogP contribution is -2.07. The van der Waals surface area contributed by atoms with E-state index in [1.54, 1.807) is 30.5 Å². The summed E-state index contributed by atoms with van der Waals surface area (Å²) in [6.45, 7) is 2.04. The molecule has 0 fully saturated rings. The molecule has 0 atom stereocenters. The fourth-order valence-electron chi connectivity index (χ4n) is 1.69. The molecule has 6 heteroatoms. The maximum atomic E-state index is 11.9. The van der Waals surface area contributed by atoms with Crippen LogP contribution in [0.4, 0.5) is 5.00 Å². The highest BCUT2D eigenvalue weighted by Gasteiger charge is 2.21. The van der Waals surface area contributed by atoms with E-state index in [1.807, 2.05) is 0 Å². The van der Waals surface area contributed by atoms with Crippen LogP contribution in [0, 0.1) is 0 Å². The molecule has 0 unspecified atom stereocenters. The summed E-state index contributed by atoms with van der Waals surface area (Å²) in [5, 5.41) is 3.21. The fourth-order valence-corrected chi connectivity index (χ4v) is 3.00. The summed E-state index contributed by atoms with van der Waals surface area (Å²) in [4.78, 5) is 11.9. The van der Waals surface area contributed by atoms with Gasteiger partial charge in [-0.05, 0) is 19.1 Å². The first-order valence-electron chi connectivity index (χ1n) is 5.54. The first kappa shape index (κ1) is 14.2. The van der Waals surface area contributed by atoms with Gasteiger partial charge in [-0.15, -0.1) is 11.3 Å². The quantitative estimate of drug-likeness (QED) is 0.849. The maximum absolute atomic E-state index is 11.9. The highest BCUT2D eigenvalue weighted by molar-refractivity contribution is 7.15. The average molecular weight is 316 g/mol. The third-order valence-corrected chi connectivity index (χ3v) is 3.88. The lowest BCUT2D eigenvalue weighted by atomic mass is 10.0. The minimum absolute atomic E-state index is 0.294. The molecule has 0 spiro atoms. The van der Waals surface area contributed by atoms with Crippen LogP contribution in [0.1, 0.15) is 17.3 Å². The summed E-state index contributed by atoms with van der Waals surface area (Å²) in [6, 6.07) is 5.10. The van der Waals surface area contributed by atoms with Gasteiger partial charge in [-0.2, -0.15) is 0 Å². The van der Waals surface area contributed by atoms with Crippen LogP contribution in [0.3, 0.4) is 0 Å². The fraction of sp³-hybridized carbons (Fsp3) is 0.154. The van der Waals surface area contributed by atoms with Gasteiger partial charge in [-0.1, -0.05) is 29.3 Å². The van der Waals surface area contributed by atoms with Crippen LogP contribution in [0.2, 0.25) is 10.0 Å². The van der Waals surface area contributed by atoms with Gasteiger partial charge in [0.05, 0.1) is 6.61 Å². The zero-order valence-electron chi connectivity index (χ0n) is 10.1. The normalized spacial score (nSPS) is 10.5. The number of nitrogen functional groups attached to an aromatic ring is 1. The van der Waals surface area contributed by atoms with E-state index in [4.69, 9.17) is 33.7 Å². The van der Waals surface area contributed by atoms with Gasteiger partial charge < -0.3 is 10.5 Å². The number of anilines is 1. The highest BCUT2D eigenvalue weighted by atomic mass is 35.5. The SMILES string of the molecule is CCOC(=O)c1c(-c2ccc(Cl)cc2Cl)csc1N. The summed E-state index contributed by atoms with van der Waals surface area (Å²) in [5.41, 5.74) is 7.58. The van der Waals surface area contributed by atoms with Gasteiger partial charge in [-0.25, -0.2) is 4.79 Å². The molecule has 2 rings (SSSR count). The standard InChI is InChI=1S/C13H11Cl2NO2S/c1-2-18-13(17)11-9(6-19-12(11)16)8-4-3-7(14)5-10(8)15/h3-6H,2,16H2,1H3. The number of esters is 1. The first-order valence-corrected chi connectivity index (χ1v) is 7.17. The average Bonchev–Trinajstić information content (AvgIpc) is 2.71. The van der Waals surface area contributed by atoms with Gasteiger partial charge in [0.25, 0.3) is 0 Å². The van der Waals surface area contributed by atoms with E-state index >= 15 is 0 Å². The van der Waals surface area contributed by atoms with Crippen LogP contribution in [0.25, 0.3) is 11.1 Å². The van der Waals surface area contributed by atoms with E-state index < -0.39 is 5.97 Å². The second-order valence-electron chi connectivity index (χ2n) is 3.73. The van der Waals surface area contributed by atoms with E-state index in [1.165, 1.54) is 11.3 Å². The summed E-state index contributed by atoms with van der Waals surface area (Å²) in [5.74, 6) is -0.442. The maximum Gasteiger partial charge on any atom is 0.341 e. The second kappa shape index (κ2) is 5.82. The number of rotatable bonds is 3. The molecule has 2 N–H and O–H groups in total. The Hall–Kier alpha value is -1.23. The molecule has 3 nitrogen and oxygen atoms in total. The monoisotopic (exact) mass is 315 g/mol. The number of hydrogen-bond acceptors (Lipinski definition) is 4. The van der Waals surface area contributed by atoms with E-state index in [0.29, 0.717) is 38.3 Å². The van der Waals surface area contributed by atoms with E-state index in [9.17, 15) is 4.79 Å². The minimum atomic E-state index is -0.442. The minimum Gasteiger partial charge on any atom is -0.462 e.